The van der Waals surface area contributed by atoms with Crippen molar-refractivity contribution in [3.05, 3.63) is 0 Å². The van der Waals surface area contributed by atoms with Crippen molar-refractivity contribution in [3.8, 4) is 0 Å². The maximum atomic E-state index is 11.0. The highest BCUT2D eigenvalue weighted by Crippen LogP contribution is 2.04. The molecule has 1 N–H and O–H groups in total. The molecular weight excluding hydrogens is 186 g/mol. The molecule has 1 rings (SSSR count). The Kier molecular flexibility index (Phi) is 2.18. The van der Waals surface area contributed by atoms with Gasteiger partial charge in [0.1, 0.15) is 6.54 Å². The van der Waals surface area contributed by atoms with Gasteiger partial charge in [-0.2, -0.15) is 0 Å². The number of hydrogen-bond acceptors (Lipinski definition) is 3. The van der Waals surface area contributed by atoms with E-state index in [1.54, 1.807) is 0 Å². The molecule has 6 nitrogen and oxygen atoms in total. The van der Waals surface area contributed by atoms with E-state index in [0.717, 1.165) is 9.91 Å². The monoisotopic (exact) mass is 191 g/mol. The summed E-state index contributed by atoms with van der Waals surface area (Å²) in [6, 6.07) is -0.589. The van der Waals surface area contributed by atoms with E-state index in [4.69, 9.17) is 11.6 Å². The number of nitrogens with one attached hydrogen (secondary N) is 1. The zero-order valence-corrected chi connectivity index (χ0v) is 6.96. The van der Waals surface area contributed by atoms with Gasteiger partial charge < -0.3 is 0 Å². The first-order valence-electron chi connectivity index (χ1n) is 3.06. The molecule has 1 heterocycles. The average Bonchev–Trinajstić information content (AvgIpc) is 2.17. The molecule has 4 amide bonds. The van der Waals surface area contributed by atoms with Crippen molar-refractivity contribution in [2.75, 3.05) is 13.6 Å². The summed E-state index contributed by atoms with van der Waals surface area (Å²) in [4.78, 5) is 33.0. The number of hydrazine groups is 1. The predicted octanol–water partition coefficient (Wildman–Crippen LogP) is -0.256. The molecule has 0 atom stereocenters. The fourth-order valence-corrected chi connectivity index (χ4v) is 0.892. The van der Waals surface area contributed by atoms with Gasteiger partial charge in [-0.05, 0) is 11.6 Å². The molecule has 1 saturated heterocycles. The number of carbonyl (C=O) groups is 3. The molecule has 1 fully saturated rings. The first-order chi connectivity index (χ1) is 5.52. The summed E-state index contributed by atoms with van der Waals surface area (Å²) in [6.45, 7) is -0.173. The van der Waals surface area contributed by atoms with Gasteiger partial charge in [0, 0.05) is 7.05 Å². The Bertz CT molecular complexity index is 252. The van der Waals surface area contributed by atoms with E-state index in [1.165, 1.54) is 7.05 Å². The molecule has 0 saturated carbocycles. The van der Waals surface area contributed by atoms with Gasteiger partial charge in [0.05, 0.1) is 0 Å². The van der Waals surface area contributed by atoms with Crippen LogP contribution in [0.2, 0.25) is 0 Å². The number of rotatable bonds is 1. The van der Waals surface area contributed by atoms with Crippen molar-refractivity contribution in [3.63, 3.8) is 0 Å². The molecule has 0 bridgehead atoms. The van der Waals surface area contributed by atoms with E-state index in [9.17, 15) is 14.4 Å². The Labute approximate surface area is 73.0 Å². The summed E-state index contributed by atoms with van der Waals surface area (Å²) in [6.07, 6.45) is 0. The minimum atomic E-state index is -0.897. The summed E-state index contributed by atoms with van der Waals surface area (Å²) in [5.41, 5.74) is 2.00. The van der Waals surface area contributed by atoms with Crippen LogP contribution in [0, 0.1) is 0 Å². The Balaban J connectivity index is 2.65. The van der Waals surface area contributed by atoms with Gasteiger partial charge in [0.25, 0.3) is 5.91 Å². The molecular formula is C5H6ClN3O3. The zero-order chi connectivity index (χ0) is 9.30. The van der Waals surface area contributed by atoms with Crippen molar-refractivity contribution in [2.45, 2.75) is 0 Å². The van der Waals surface area contributed by atoms with E-state index in [0.29, 0.717) is 0 Å². The first kappa shape index (κ1) is 8.79. The second-order valence-electron chi connectivity index (χ2n) is 2.21. The summed E-state index contributed by atoms with van der Waals surface area (Å²) >= 11 is 4.94. The molecule has 66 valence electrons. The highest BCUT2D eigenvalue weighted by atomic mass is 35.5. The third kappa shape index (κ3) is 1.48. The number of carbonyl (C=O) groups excluding carboxylic acids is 3. The first-order valence-corrected chi connectivity index (χ1v) is 3.44. The molecule has 1 aliphatic heterocycles. The van der Waals surface area contributed by atoms with Gasteiger partial charge in [-0.1, -0.05) is 0 Å². The van der Waals surface area contributed by atoms with Gasteiger partial charge in [0.2, 0.25) is 0 Å². The van der Waals surface area contributed by atoms with Crippen LogP contribution >= 0.6 is 11.6 Å². The Morgan fingerprint density at radius 3 is 2.50 bits per heavy atom. The topological polar surface area (TPSA) is 69.7 Å². The highest BCUT2D eigenvalue weighted by molar-refractivity contribution is 6.62. The maximum absolute atomic E-state index is 11.0. The quantitative estimate of drug-likeness (QED) is 0.353. The van der Waals surface area contributed by atoms with Crippen LogP contribution in [0.5, 0.6) is 0 Å². The van der Waals surface area contributed by atoms with Crippen molar-refractivity contribution < 1.29 is 14.4 Å². The fourth-order valence-electron chi connectivity index (χ4n) is 0.790. The van der Waals surface area contributed by atoms with Crippen molar-refractivity contribution >= 4 is 28.9 Å². The van der Waals surface area contributed by atoms with Crippen LogP contribution in [0.25, 0.3) is 0 Å². The molecule has 0 aromatic heterocycles. The van der Waals surface area contributed by atoms with Gasteiger partial charge in [-0.15, -0.1) is 0 Å². The van der Waals surface area contributed by atoms with Crippen LogP contribution in [0.15, 0.2) is 0 Å². The molecule has 0 spiro atoms. The normalized spacial score (nSPS) is 17.2. The molecule has 1 aliphatic rings. The van der Waals surface area contributed by atoms with Gasteiger partial charge in [-0.25, -0.2) is 15.2 Å². The number of halogens is 1. The summed E-state index contributed by atoms with van der Waals surface area (Å²) in [7, 11) is 1.32. The highest BCUT2D eigenvalue weighted by Gasteiger charge is 2.33. The van der Waals surface area contributed by atoms with Crippen LogP contribution < -0.4 is 5.43 Å². The fraction of sp³-hybridized carbons (Fsp3) is 0.400. The second-order valence-corrected chi connectivity index (χ2v) is 2.55. The largest absolute Gasteiger partial charge is 0.345 e. The lowest BCUT2D eigenvalue weighted by molar-refractivity contribution is -0.124. The maximum Gasteiger partial charge on any atom is 0.345 e. The molecule has 12 heavy (non-hydrogen) atoms. The van der Waals surface area contributed by atoms with Crippen LogP contribution in [-0.2, 0) is 4.79 Å². The lowest BCUT2D eigenvalue weighted by atomic mass is 10.6. The van der Waals surface area contributed by atoms with E-state index in [2.05, 4.69) is 0 Å². The van der Waals surface area contributed by atoms with Crippen molar-refractivity contribution in [2.24, 2.45) is 0 Å². The standard InChI is InChI=1S/C5H6ClN3O3/c1-8-3(10)2-9(5(8)12)7-4(6)11/h2H2,1H3,(H,7,11). The number of hydrogen-bond donors (Lipinski definition) is 1. The van der Waals surface area contributed by atoms with Crippen LogP contribution in [-0.4, -0.2) is 40.8 Å². The number of amides is 4. The van der Waals surface area contributed by atoms with Crippen LogP contribution in [0.1, 0.15) is 0 Å². The zero-order valence-electron chi connectivity index (χ0n) is 6.20. The van der Waals surface area contributed by atoms with Gasteiger partial charge >= 0.3 is 11.4 Å². The van der Waals surface area contributed by atoms with E-state index < -0.39 is 11.4 Å². The summed E-state index contributed by atoms with van der Waals surface area (Å²) < 4.78 is 0. The van der Waals surface area contributed by atoms with Crippen LogP contribution in [0.3, 0.4) is 0 Å². The summed E-state index contributed by atoms with van der Waals surface area (Å²) in [5, 5.41) is -0.0519. The molecule has 0 radical (unpaired) electrons. The summed E-state index contributed by atoms with van der Waals surface area (Å²) in [5.74, 6) is -0.384. The lowest BCUT2D eigenvalue weighted by Crippen LogP contribution is -2.42. The third-order valence-corrected chi connectivity index (χ3v) is 1.49. The minimum Gasteiger partial charge on any atom is -0.272 e. The minimum absolute atomic E-state index is 0.173. The number of nitrogens with zero attached hydrogens (tertiary/aromatic N) is 2. The molecule has 7 heteroatoms. The molecule has 0 aromatic rings. The van der Waals surface area contributed by atoms with Crippen molar-refractivity contribution in [1.82, 2.24) is 15.3 Å². The molecule has 0 unspecified atom stereocenters. The second kappa shape index (κ2) is 2.98. The Morgan fingerprint density at radius 2 is 2.17 bits per heavy atom. The van der Waals surface area contributed by atoms with Crippen molar-refractivity contribution in [1.29, 1.82) is 0 Å². The SMILES string of the molecule is CN1C(=O)CN(NC(=O)Cl)C1=O. The number of likely N-dealkylation sites (N-methyl/N-ethyl adjacent to an activating group) is 1. The molecule has 0 aliphatic carbocycles. The number of urea groups is 1. The average molecular weight is 192 g/mol. The smallest absolute Gasteiger partial charge is 0.272 e. The predicted molar refractivity (Wildman–Crippen MR) is 39.3 cm³/mol. The Morgan fingerprint density at radius 1 is 1.58 bits per heavy atom. The van der Waals surface area contributed by atoms with Crippen LogP contribution in [0.4, 0.5) is 9.59 Å². The molecule has 0 aromatic carbocycles. The van der Waals surface area contributed by atoms with E-state index >= 15 is 0 Å². The van der Waals surface area contributed by atoms with Gasteiger partial charge in [-0.3, -0.25) is 14.5 Å². The van der Waals surface area contributed by atoms with Gasteiger partial charge in [0.15, 0.2) is 0 Å². The van der Waals surface area contributed by atoms with E-state index in [-0.39, 0.29) is 12.5 Å². The Hall–Kier alpha value is -1.30. The third-order valence-electron chi connectivity index (χ3n) is 1.41. The lowest BCUT2D eigenvalue weighted by Gasteiger charge is -2.12. The van der Waals surface area contributed by atoms with E-state index in [1.807, 2.05) is 5.43 Å². The number of imide groups is 1.